The van der Waals surface area contributed by atoms with Gasteiger partial charge in [-0.1, -0.05) is 0 Å². The predicted molar refractivity (Wildman–Crippen MR) is 97.1 cm³/mol. The van der Waals surface area contributed by atoms with E-state index in [9.17, 15) is 14.7 Å². The third-order valence-corrected chi connectivity index (χ3v) is 5.74. The Morgan fingerprint density at radius 3 is 2.52 bits per heavy atom. The summed E-state index contributed by atoms with van der Waals surface area (Å²) >= 11 is 0. The molecule has 0 saturated carbocycles. The van der Waals surface area contributed by atoms with Gasteiger partial charge in [-0.2, -0.15) is 0 Å². The summed E-state index contributed by atoms with van der Waals surface area (Å²) in [7, 11) is 3.48. The van der Waals surface area contributed by atoms with E-state index < -0.39 is 6.10 Å². The maximum atomic E-state index is 13.2. The van der Waals surface area contributed by atoms with Crippen molar-refractivity contribution in [1.29, 1.82) is 0 Å². The summed E-state index contributed by atoms with van der Waals surface area (Å²) in [4.78, 5) is 28.6. The number of amides is 2. The first-order valence-corrected chi connectivity index (χ1v) is 9.95. The molecule has 3 saturated heterocycles. The molecule has 8 heteroatoms. The smallest absolute Gasteiger partial charge is 0.226 e. The van der Waals surface area contributed by atoms with E-state index in [0.717, 1.165) is 19.3 Å². The minimum atomic E-state index is -0.692. The van der Waals surface area contributed by atoms with Crippen molar-refractivity contribution in [2.75, 3.05) is 47.1 Å². The van der Waals surface area contributed by atoms with Crippen LogP contribution in [0, 0.1) is 5.92 Å². The lowest BCUT2D eigenvalue weighted by Crippen LogP contribution is -2.58. The first-order valence-electron chi connectivity index (χ1n) is 9.95. The Bertz CT molecular complexity index is 522. The van der Waals surface area contributed by atoms with Crippen LogP contribution < -0.4 is 0 Å². The molecule has 27 heavy (non-hydrogen) atoms. The number of carbonyl (C=O) groups is 2. The Hall–Kier alpha value is -1.22. The van der Waals surface area contributed by atoms with Gasteiger partial charge in [-0.25, -0.2) is 0 Å². The van der Waals surface area contributed by atoms with Crippen LogP contribution in [0.15, 0.2) is 0 Å². The van der Waals surface area contributed by atoms with Gasteiger partial charge in [0.25, 0.3) is 0 Å². The normalized spacial score (nSPS) is 32.9. The molecule has 154 valence electrons. The molecule has 3 aliphatic heterocycles. The molecule has 0 unspecified atom stereocenters. The molecular formula is C19H32N2O6. The van der Waals surface area contributed by atoms with Gasteiger partial charge in [-0.3, -0.25) is 9.59 Å². The molecule has 1 N–H and O–H groups in total. The first kappa shape index (κ1) is 20.5. The fourth-order valence-electron chi connectivity index (χ4n) is 4.15. The fourth-order valence-corrected chi connectivity index (χ4v) is 4.15. The van der Waals surface area contributed by atoms with Crippen LogP contribution in [-0.2, 0) is 23.8 Å². The van der Waals surface area contributed by atoms with E-state index in [2.05, 4.69) is 0 Å². The van der Waals surface area contributed by atoms with Crippen LogP contribution in [0.1, 0.15) is 32.1 Å². The monoisotopic (exact) mass is 384 g/mol. The second kappa shape index (κ2) is 9.32. The Morgan fingerprint density at radius 1 is 1.07 bits per heavy atom. The van der Waals surface area contributed by atoms with E-state index in [0.29, 0.717) is 32.7 Å². The minimum absolute atomic E-state index is 0.0378. The number of hydrogen-bond acceptors (Lipinski definition) is 6. The van der Waals surface area contributed by atoms with Gasteiger partial charge >= 0.3 is 0 Å². The van der Waals surface area contributed by atoms with Crippen molar-refractivity contribution in [3.8, 4) is 0 Å². The van der Waals surface area contributed by atoms with Crippen molar-refractivity contribution < 1.29 is 28.9 Å². The highest BCUT2D eigenvalue weighted by Gasteiger charge is 2.41. The number of β-amino-alcohol motifs (C(OH)–C–C–N with tert-alkyl or cyclic N) is 1. The van der Waals surface area contributed by atoms with Crippen LogP contribution in [0.3, 0.4) is 0 Å². The molecule has 3 aliphatic rings. The Kier molecular flexibility index (Phi) is 7.08. The lowest BCUT2D eigenvalue weighted by atomic mass is 9.91. The molecule has 0 aromatic carbocycles. The second-order valence-corrected chi connectivity index (χ2v) is 8.00. The molecule has 0 aromatic rings. The summed E-state index contributed by atoms with van der Waals surface area (Å²) in [6, 6.07) is -0.124. The number of aliphatic hydroxyl groups is 1. The summed E-state index contributed by atoms with van der Waals surface area (Å²) in [6.07, 6.45) is 2.13. The van der Waals surface area contributed by atoms with Gasteiger partial charge in [0.15, 0.2) is 0 Å². The van der Waals surface area contributed by atoms with Gasteiger partial charge in [0.05, 0.1) is 37.9 Å². The Morgan fingerprint density at radius 2 is 1.81 bits per heavy atom. The van der Waals surface area contributed by atoms with Crippen molar-refractivity contribution in [1.82, 2.24) is 9.80 Å². The first-order chi connectivity index (χ1) is 13.0. The van der Waals surface area contributed by atoms with Crippen LogP contribution in [0.25, 0.3) is 0 Å². The van der Waals surface area contributed by atoms with Crippen molar-refractivity contribution in [3.63, 3.8) is 0 Å². The van der Waals surface area contributed by atoms with Crippen LogP contribution in [-0.4, -0.2) is 98.1 Å². The molecule has 3 heterocycles. The zero-order valence-electron chi connectivity index (χ0n) is 16.3. The van der Waals surface area contributed by atoms with Gasteiger partial charge in [0, 0.05) is 39.8 Å². The maximum Gasteiger partial charge on any atom is 0.226 e. The number of fused-ring (bicyclic) bond motifs is 1. The third kappa shape index (κ3) is 5.19. The molecule has 0 bridgehead atoms. The molecule has 3 fully saturated rings. The van der Waals surface area contributed by atoms with E-state index in [1.165, 1.54) is 0 Å². The summed E-state index contributed by atoms with van der Waals surface area (Å²) in [5.41, 5.74) is 0. The quantitative estimate of drug-likeness (QED) is 0.738. The maximum absolute atomic E-state index is 13.2. The van der Waals surface area contributed by atoms with Crippen LogP contribution in [0.2, 0.25) is 0 Å². The number of aliphatic hydroxyl groups excluding tert-OH is 1. The number of nitrogens with zero attached hydrogens (tertiary/aromatic N) is 2. The molecule has 0 radical (unpaired) electrons. The largest absolute Gasteiger partial charge is 0.389 e. The summed E-state index contributed by atoms with van der Waals surface area (Å²) in [5.74, 6) is 0.0661. The minimum Gasteiger partial charge on any atom is -0.389 e. The van der Waals surface area contributed by atoms with E-state index in [-0.39, 0.29) is 49.1 Å². The van der Waals surface area contributed by atoms with E-state index >= 15 is 0 Å². The van der Waals surface area contributed by atoms with E-state index in [4.69, 9.17) is 14.2 Å². The molecule has 0 aliphatic carbocycles. The third-order valence-electron chi connectivity index (χ3n) is 5.74. The molecule has 0 aromatic heterocycles. The zero-order valence-corrected chi connectivity index (χ0v) is 16.3. The Balaban J connectivity index is 1.69. The van der Waals surface area contributed by atoms with Gasteiger partial charge in [0.1, 0.15) is 6.10 Å². The SMILES string of the molecule is CN(C)C(=O)C[C@@H]1CC[C@H]2[C@@H](COC[C@@H](O)CN2C(=O)C2CCOCC2)O1. The standard InChI is InChI=1S/C19H32N2O6/c1-20(2)18(23)9-15-3-4-16-17(27-15)12-26-11-14(22)10-21(16)19(24)13-5-7-25-8-6-13/h13-17,22H,3-12H2,1-2H3/t14-,15-,16-,17+/m0/s1. The zero-order chi connectivity index (χ0) is 19.4. The van der Waals surface area contributed by atoms with Gasteiger partial charge < -0.3 is 29.1 Å². The highest BCUT2D eigenvalue weighted by Crippen LogP contribution is 2.30. The second-order valence-electron chi connectivity index (χ2n) is 8.00. The van der Waals surface area contributed by atoms with Gasteiger partial charge in [-0.05, 0) is 25.7 Å². The van der Waals surface area contributed by atoms with Crippen LogP contribution in [0.4, 0.5) is 0 Å². The number of hydrogen-bond donors (Lipinski definition) is 1. The predicted octanol–water partition coefficient (Wildman–Crippen LogP) is 0.0272. The summed E-state index contributed by atoms with van der Waals surface area (Å²) in [5, 5.41) is 10.2. The molecule has 4 atom stereocenters. The average Bonchev–Trinajstić information content (AvgIpc) is 2.65. The molecule has 8 nitrogen and oxygen atoms in total. The number of rotatable bonds is 3. The lowest BCUT2D eigenvalue weighted by molar-refractivity contribution is -0.174. The lowest BCUT2D eigenvalue weighted by Gasteiger charge is -2.45. The summed E-state index contributed by atoms with van der Waals surface area (Å²) in [6.45, 7) is 1.99. The molecular weight excluding hydrogens is 352 g/mol. The number of carbonyl (C=O) groups excluding carboxylic acids is 2. The summed E-state index contributed by atoms with van der Waals surface area (Å²) < 4.78 is 17.2. The average molecular weight is 384 g/mol. The highest BCUT2D eigenvalue weighted by molar-refractivity contribution is 5.79. The van der Waals surface area contributed by atoms with Crippen LogP contribution >= 0.6 is 0 Å². The molecule has 3 rings (SSSR count). The van der Waals surface area contributed by atoms with Crippen LogP contribution in [0.5, 0.6) is 0 Å². The number of ether oxygens (including phenoxy) is 3. The molecule has 0 spiro atoms. The highest BCUT2D eigenvalue weighted by atomic mass is 16.5. The van der Waals surface area contributed by atoms with Crippen molar-refractivity contribution in [2.24, 2.45) is 5.92 Å². The molecule has 2 amide bonds. The van der Waals surface area contributed by atoms with Crippen molar-refractivity contribution in [2.45, 2.75) is 56.5 Å². The Labute approximate surface area is 160 Å². The van der Waals surface area contributed by atoms with Crippen molar-refractivity contribution >= 4 is 11.8 Å². The van der Waals surface area contributed by atoms with E-state index in [1.54, 1.807) is 19.0 Å². The van der Waals surface area contributed by atoms with Gasteiger partial charge in [0.2, 0.25) is 11.8 Å². The van der Waals surface area contributed by atoms with E-state index in [1.807, 2.05) is 4.90 Å². The fraction of sp³-hybridized carbons (Fsp3) is 0.895. The van der Waals surface area contributed by atoms with Crippen molar-refractivity contribution in [3.05, 3.63) is 0 Å². The van der Waals surface area contributed by atoms with Gasteiger partial charge in [-0.15, -0.1) is 0 Å². The topological polar surface area (TPSA) is 88.5 Å².